The van der Waals surface area contributed by atoms with Gasteiger partial charge < -0.3 is 5.32 Å². The Kier molecular flexibility index (Phi) is 3.79. The van der Waals surface area contributed by atoms with E-state index in [1.165, 1.54) is 10.4 Å². The summed E-state index contributed by atoms with van der Waals surface area (Å²) in [6, 6.07) is 8.67. The third-order valence-corrected chi connectivity index (χ3v) is 3.77. The highest BCUT2D eigenvalue weighted by Gasteiger charge is 2.17. The molecule has 0 aliphatic rings. The quantitative estimate of drug-likeness (QED) is 0.872. The number of aromatic nitrogens is 1. The van der Waals surface area contributed by atoms with Gasteiger partial charge in [-0.2, -0.15) is 0 Å². The summed E-state index contributed by atoms with van der Waals surface area (Å²) in [5, 5.41) is 5.67. The average molecular weight is 246 g/mol. The lowest BCUT2D eigenvalue weighted by Gasteiger charge is -2.22. The molecule has 1 atom stereocenters. The van der Waals surface area contributed by atoms with Crippen molar-refractivity contribution in [3.05, 3.63) is 46.3 Å². The van der Waals surface area contributed by atoms with Crippen LogP contribution in [0.2, 0.25) is 0 Å². The predicted molar refractivity (Wildman–Crippen MR) is 74.5 cm³/mol. The smallest absolute Gasteiger partial charge is 0.129 e. The number of nitrogens with one attached hydrogen (secondary N) is 1. The third kappa shape index (κ3) is 2.86. The van der Waals surface area contributed by atoms with Crippen LogP contribution in [-0.2, 0) is 0 Å². The fraction of sp³-hybridized carbons (Fsp3) is 0.357. The van der Waals surface area contributed by atoms with Crippen molar-refractivity contribution in [3.63, 3.8) is 0 Å². The van der Waals surface area contributed by atoms with E-state index in [1.807, 2.05) is 12.3 Å². The first kappa shape index (κ1) is 12.1. The molecular weight excluding hydrogens is 228 g/mol. The van der Waals surface area contributed by atoms with E-state index in [2.05, 4.69) is 54.7 Å². The van der Waals surface area contributed by atoms with Gasteiger partial charge in [0.1, 0.15) is 5.82 Å². The molecule has 2 aromatic rings. The third-order valence-electron chi connectivity index (χ3n) is 2.82. The SMILES string of the molecule is Cc1cccnc1NC(c1cccs1)C(C)C. The van der Waals surface area contributed by atoms with Crippen molar-refractivity contribution < 1.29 is 0 Å². The van der Waals surface area contributed by atoms with Crippen LogP contribution in [0, 0.1) is 12.8 Å². The molecule has 1 N–H and O–H groups in total. The van der Waals surface area contributed by atoms with Gasteiger partial charge in [-0.1, -0.05) is 26.0 Å². The van der Waals surface area contributed by atoms with Crippen molar-refractivity contribution in [3.8, 4) is 0 Å². The van der Waals surface area contributed by atoms with Gasteiger partial charge in [0.2, 0.25) is 0 Å². The van der Waals surface area contributed by atoms with Gasteiger partial charge in [0.25, 0.3) is 0 Å². The first-order chi connectivity index (χ1) is 8.18. The molecule has 0 spiro atoms. The number of hydrogen-bond donors (Lipinski definition) is 1. The zero-order chi connectivity index (χ0) is 12.3. The second-order valence-corrected chi connectivity index (χ2v) is 5.53. The van der Waals surface area contributed by atoms with Crippen molar-refractivity contribution >= 4 is 17.2 Å². The van der Waals surface area contributed by atoms with E-state index >= 15 is 0 Å². The topological polar surface area (TPSA) is 24.9 Å². The zero-order valence-electron chi connectivity index (χ0n) is 10.5. The number of hydrogen-bond acceptors (Lipinski definition) is 3. The molecule has 1 unspecified atom stereocenters. The Morgan fingerprint density at radius 2 is 2.06 bits per heavy atom. The van der Waals surface area contributed by atoms with Crippen LogP contribution in [0.1, 0.15) is 30.3 Å². The lowest BCUT2D eigenvalue weighted by Crippen LogP contribution is -2.17. The number of thiophene rings is 1. The Bertz CT molecular complexity index is 463. The van der Waals surface area contributed by atoms with E-state index in [0.29, 0.717) is 12.0 Å². The van der Waals surface area contributed by atoms with Crippen LogP contribution in [0.4, 0.5) is 5.82 Å². The summed E-state index contributed by atoms with van der Waals surface area (Å²) in [5.41, 5.74) is 1.19. The molecule has 0 fully saturated rings. The summed E-state index contributed by atoms with van der Waals surface area (Å²) in [6.45, 7) is 6.55. The van der Waals surface area contributed by atoms with Crippen LogP contribution < -0.4 is 5.32 Å². The van der Waals surface area contributed by atoms with Crippen LogP contribution in [0.25, 0.3) is 0 Å². The summed E-state index contributed by atoms with van der Waals surface area (Å²) in [6.07, 6.45) is 1.83. The maximum absolute atomic E-state index is 4.40. The molecule has 0 bridgehead atoms. The minimum atomic E-state index is 0.337. The van der Waals surface area contributed by atoms with Crippen molar-refractivity contribution in [2.24, 2.45) is 5.92 Å². The van der Waals surface area contributed by atoms with Crippen LogP contribution >= 0.6 is 11.3 Å². The monoisotopic (exact) mass is 246 g/mol. The molecule has 0 aliphatic carbocycles. The fourth-order valence-electron chi connectivity index (χ4n) is 1.82. The van der Waals surface area contributed by atoms with Gasteiger partial charge in [0.15, 0.2) is 0 Å². The highest BCUT2D eigenvalue weighted by Crippen LogP contribution is 2.29. The summed E-state index contributed by atoms with van der Waals surface area (Å²) < 4.78 is 0. The number of anilines is 1. The molecule has 0 radical (unpaired) electrons. The molecule has 2 heterocycles. The van der Waals surface area contributed by atoms with Gasteiger partial charge in [-0.15, -0.1) is 11.3 Å². The van der Waals surface area contributed by atoms with Gasteiger partial charge in [0, 0.05) is 11.1 Å². The second-order valence-electron chi connectivity index (χ2n) is 4.55. The number of pyridine rings is 1. The Morgan fingerprint density at radius 1 is 1.24 bits per heavy atom. The molecule has 0 aliphatic heterocycles. The van der Waals surface area contributed by atoms with Gasteiger partial charge in [-0.25, -0.2) is 4.98 Å². The van der Waals surface area contributed by atoms with Crippen molar-refractivity contribution in [2.75, 3.05) is 5.32 Å². The van der Waals surface area contributed by atoms with Crippen molar-refractivity contribution in [1.82, 2.24) is 4.98 Å². The Balaban J connectivity index is 2.23. The second kappa shape index (κ2) is 5.32. The van der Waals surface area contributed by atoms with Crippen molar-refractivity contribution in [2.45, 2.75) is 26.8 Å². The van der Waals surface area contributed by atoms with E-state index in [4.69, 9.17) is 0 Å². The highest BCUT2D eigenvalue weighted by atomic mass is 32.1. The van der Waals surface area contributed by atoms with Crippen LogP contribution in [0.15, 0.2) is 35.8 Å². The Morgan fingerprint density at radius 3 is 2.65 bits per heavy atom. The molecule has 2 aromatic heterocycles. The number of rotatable bonds is 4. The molecule has 0 aromatic carbocycles. The molecular formula is C14H18N2S. The lowest BCUT2D eigenvalue weighted by molar-refractivity contribution is 0.551. The molecule has 0 amide bonds. The minimum Gasteiger partial charge on any atom is -0.362 e. The van der Waals surface area contributed by atoms with Crippen molar-refractivity contribution in [1.29, 1.82) is 0 Å². The van der Waals surface area contributed by atoms with E-state index < -0.39 is 0 Å². The molecule has 2 rings (SSSR count). The number of aryl methyl sites for hydroxylation is 1. The van der Waals surface area contributed by atoms with Gasteiger partial charge in [-0.05, 0) is 35.9 Å². The van der Waals surface area contributed by atoms with Gasteiger partial charge >= 0.3 is 0 Å². The largest absolute Gasteiger partial charge is 0.362 e. The fourth-order valence-corrected chi connectivity index (χ4v) is 2.77. The molecule has 0 saturated carbocycles. The zero-order valence-corrected chi connectivity index (χ0v) is 11.3. The maximum Gasteiger partial charge on any atom is 0.129 e. The van der Waals surface area contributed by atoms with Crippen LogP contribution in [0.5, 0.6) is 0 Å². The van der Waals surface area contributed by atoms with Gasteiger partial charge in [0.05, 0.1) is 6.04 Å². The molecule has 90 valence electrons. The first-order valence-corrected chi connectivity index (χ1v) is 6.78. The van der Waals surface area contributed by atoms with E-state index in [1.54, 1.807) is 11.3 Å². The minimum absolute atomic E-state index is 0.337. The Labute approximate surface area is 107 Å². The average Bonchev–Trinajstić information content (AvgIpc) is 2.81. The van der Waals surface area contributed by atoms with Gasteiger partial charge in [-0.3, -0.25) is 0 Å². The predicted octanol–water partition coefficient (Wildman–Crippen LogP) is 4.26. The Hall–Kier alpha value is -1.35. The van der Waals surface area contributed by atoms with Crippen LogP contribution in [-0.4, -0.2) is 4.98 Å². The van der Waals surface area contributed by atoms with E-state index in [9.17, 15) is 0 Å². The van der Waals surface area contributed by atoms with E-state index in [-0.39, 0.29) is 0 Å². The highest BCUT2D eigenvalue weighted by molar-refractivity contribution is 7.10. The number of nitrogens with zero attached hydrogens (tertiary/aromatic N) is 1. The maximum atomic E-state index is 4.40. The first-order valence-electron chi connectivity index (χ1n) is 5.90. The lowest BCUT2D eigenvalue weighted by atomic mass is 10.0. The molecule has 17 heavy (non-hydrogen) atoms. The molecule has 2 nitrogen and oxygen atoms in total. The summed E-state index contributed by atoms with van der Waals surface area (Å²) >= 11 is 1.79. The normalized spacial score (nSPS) is 12.7. The summed E-state index contributed by atoms with van der Waals surface area (Å²) in [4.78, 5) is 5.77. The summed E-state index contributed by atoms with van der Waals surface area (Å²) in [5.74, 6) is 1.52. The standard InChI is InChI=1S/C14H18N2S/c1-10(2)13(12-7-5-9-17-12)16-14-11(3)6-4-8-15-14/h4-10,13H,1-3H3,(H,15,16). The van der Waals surface area contributed by atoms with E-state index in [0.717, 1.165) is 5.82 Å². The summed E-state index contributed by atoms with van der Waals surface area (Å²) in [7, 11) is 0. The molecule has 0 saturated heterocycles. The van der Waals surface area contributed by atoms with Crippen LogP contribution in [0.3, 0.4) is 0 Å². The molecule has 3 heteroatoms.